The number of nitrogens with zero attached hydrogens (tertiary/aromatic N) is 1. The van der Waals surface area contributed by atoms with Crippen LogP contribution in [0.3, 0.4) is 0 Å². The SMILES string of the molecule is COc1cc(C(OC(=O)CCP(=O)(O)O)C(C)C)c([N+](=O)[O-])cc1OC. The molecule has 0 saturated heterocycles. The first-order chi connectivity index (χ1) is 12.0. The molecule has 0 aliphatic carbocycles. The quantitative estimate of drug-likeness (QED) is 0.280. The minimum absolute atomic E-state index is 0.104. The normalized spacial score (nSPS) is 12.6. The van der Waals surface area contributed by atoms with Gasteiger partial charge in [-0.25, -0.2) is 0 Å². The number of ether oxygens (including phenoxy) is 3. The Hall–Kier alpha value is -2.16. The van der Waals surface area contributed by atoms with Crippen molar-refractivity contribution in [1.82, 2.24) is 0 Å². The smallest absolute Gasteiger partial charge is 0.326 e. The minimum Gasteiger partial charge on any atom is -0.493 e. The zero-order chi connectivity index (χ0) is 20.1. The van der Waals surface area contributed by atoms with E-state index in [1.54, 1.807) is 13.8 Å². The number of benzene rings is 1. The Morgan fingerprint density at radius 1 is 1.23 bits per heavy atom. The van der Waals surface area contributed by atoms with Crippen LogP contribution in [-0.4, -0.2) is 41.1 Å². The number of nitro groups is 1. The van der Waals surface area contributed by atoms with Crippen molar-refractivity contribution >= 4 is 19.3 Å². The summed E-state index contributed by atoms with van der Waals surface area (Å²) in [6, 6.07) is 2.53. The van der Waals surface area contributed by atoms with Crippen LogP contribution in [0.2, 0.25) is 0 Å². The van der Waals surface area contributed by atoms with Gasteiger partial charge in [0.25, 0.3) is 5.69 Å². The highest BCUT2D eigenvalue weighted by atomic mass is 31.2. The van der Waals surface area contributed by atoms with Gasteiger partial charge in [-0.15, -0.1) is 0 Å². The van der Waals surface area contributed by atoms with E-state index >= 15 is 0 Å². The lowest BCUT2D eigenvalue weighted by Crippen LogP contribution is -2.18. The molecule has 0 aliphatic rings. The summed E-state index contributed by atoms with van der Waals surface area (Å²) in [6.45, 7) is 3.39. The second-order valence-electron chi connectivity index (χ2n) is 5.82. The first kappa shape index (κ1) is 21.9. The van der Waals surface area contributed by atoms with Crippen LogP contribution in [-0.2, 0) is 14.1 Å². The Balaban J connectivity index is 3.25. The lowest BCUT2D eigenvalue weighted by molar-refractivity contribution is -0.386. The van der Waals surface area contributed by atoms with E-state index in [-0.39, 0.29) is 28.7 Å². The first-order valence-corrected chi connectivity index (χ1v) is 9.44. The van der Waals surface area contributed by atoms with Crippen molar-refractivity contribution in [3.05, 3.63) is 27.8 Å². The van der Waals surface area contributed by atoms with Crippen molar-refractivity contribution in [2.75, 3.05) is 20.4 Å². The molecule has 26 heavy (non-hydrogen) atoms. The highest BCUT2D eigenvalue weighted by Crippen LogP contribution is 2.41. The van der Waals surface area contributed by atoms with Gasteiger partial charge in [-0.05, 0) is 12.0 Å². The molecule has 0 aromatic heterocycles. The highest BCUT2D eigenvalue weighted by Gasteiger charge is 2.31. The molecule has 0 spiro atoms. The Kier molecular flexibility index (Phi) is 7.55. The molecule has 0 heterocycles. The van der Waals surface area contributed by atoms with Gasteiger partial charge >= 0.3 is 13.6 Å². The summed E-state index contributed by atoms with van der Waals surface area (Å²) in [4.78, 5) is 40.4. The third-order valence-corrected chi connectivity index (χ3v) is 4.31. The average Bonchev–Trinajstić information content (AvgIpc) is 2.55. The number of hydrogen-bond donors (Lipinski definition) is 2. The number of rotatable bonds is 9. The predicted octanol–water partition coefficient (Wildman–Crippen LogP) is 2.42. The van der Waals surface area contributed by atoms with E-state index in [4.69, 9.17) is 24.0 Å². The second-order valence-corrected chi connectivity index (χ2v) is 7.59. The van der Waals surface area contributed by atoms with Crippen molar-refractivity contribution in [1.29, 1.82) is 0 Å². The molecule has 0 bridgehead atoms. The fourth-order valence-electron chi connectivity index (χ4n) is 2.27. The van der Waals surface area contributed by atoms with Gasteiger partial charge in [0.2, 0.25) is 0 Å². The van der Waals surface area contributed by atoms with Gasteiger partial charge in [-0.3, -0.25) is 19.5 Å². The van der Waals surface area contributed by atoms with Crippen LogP contribution in [0.1, 0.15) is 31.9 Å². The maximum absolute atomic E-state index is 11.9. The summed E-state index contributed by atoms with van der Waals surface area (Å²) in [5.41, 5.74) is -0.212. The summed E-state index contributed by atoms with van der Waals surface area (Å²) in [7, 11) is -1.65. The topological polar surface area (TPSA) is 145 Å². The number of carbonyl (C=O) groups is 1. The molecule has 0 radical (unpaired) electrons. The molecule has 1 unspecified atom stereocenters. The molecule has 11 heteroatoms. The fraction of sp³-hybridized carbons (Fsp3) is 0.533. The number of carbonyl (C=O) groups excluding carboxylic acids is 1. The Morgan fingerprint density at radius 3 is 2.19 bits per heavy atom. The largest absolute Gasteiger partial charge is 0.493 e. The molecular weight excluding hydrogens is 369 g/mol. The van der Waals surface area contributed by atoms with Gasteiger partial charge < -0.3 is 24.0 Å². The van der Waals surface area contributed by atoms with Crippen molar-refractivity contribution in [2.24, 2.45) is 5.92 Å². The van der Waals surface area contributed by atoms with E-state index in [2.05, 4.69) is 0 Å². The monoisotopic (exact) mass is 391 g/mol. The second kappa shape index (κ2) is 8.98. The van der Waals surface area contributed by atoms with E-state index in [0.717, 1.165) is 0 Å². The Bertz CT molecular complexity index is 713. The number of esters is 1. The summed E-state index contributed by atoms with van der Waals surface area (Å²) in [6.07, 6.45) is -2.17. The molecule has 0 saturated carbocycles. The van der Waals surface area contributed by atoms with Crippen LogP contribution in [0.15, 0.2) is 12.1 Å². The van der Waals surface area contributed by atoms with Crippen molar-refractivity contribution in [3.8, 4) is 11.5 Å². The van der Waals surface area contributed by atoms with Gasteiger partial charge in [0.1, 0.15) is 6.10 Å². The van der Waals surface area contributed by atoms with E-state index < -0.39 is 37.2 Å². The zero-order valence-electron chi connectivity index (χ0n) is 14.9. The summed E-state index contributed by atoms with van der Waals surface area (Å²) >= 11 is 0. The standard InChI is InChI=1S/C15H22NO9P/c1-9(2)15(25-14(17)5-6-26(20,21)22)10-7-12(23-3)13(24-4)8-11(10)16(18)19/h7-9,15H,5-6H2,1-4H3,(H2,20,21,22). The van der Waals surface area contributed by atoms with Crippen LogP contribution >= 0.6 is 7.60 Å². The average molecular weight is 391 g/mol. The van der Waals surface area contributed by atoms with Crippen LogP contribution in [0.25, 0.3) is 0 Å². The molecule has 1 rings (SSSR count). The fourth-order valence-corrected chi connectivity index (χ4v) is 2.74. The summed E-state index contributed by atoms with van der Waals surface area (Å²) in [5, 5.41) is 11.4. The van der Waals surface area contributed by atoms with Crippen LogP contribution < -0.4 is 9.47 Å². The molecule has 10 nitrogen and oxygen atoms in total. The van der Waals surface area contributed by atoms with Crippen molar-refractivity contribution in [2.45, 2.75) is 26.4 Å². The Labute approximate surface area is 150 Å². The first-order valence-electron chi connectivity index (χ1n) is 7.64. The lowest BCUT2D eigenvalue weighted by atomic mass is 9.96. The number of hydrogen-bond acceptors (Lipinski definition) is 7. The van der Waals surface area contributed by atoms with Crippen LogP contribution in [0.5, 0.6) is 11.5 Å². The molecule has 0 fully saturated rings. The van der Waals surface area contributed by atoms with Crippen LogP contribution in [0, 0.1) is 16.0 Å². The van der Waals surface area contributed by atoms with Gasteiger partial charge in [0.15, 0.2) is 11.5 Å². The molecular formula is C15H22NO9P. The number of methoxy groups -OCH3 is 2. The molecule has 1 aromatic rings. The summed E-state index contributed by atoms with van der Waals surface area (Å²) < 4.78 is 26.4. The molecule has 1 atom stereocenters. The van der Waals surface area contributed by atoms with Crippen molar-refractivity contribution < 1.29 is 38.3 Å². The highest BCUT2D eigenvalue weighted by molar-refractivity contribution is 7.51. The lowest BCUT2D eigenvalue weighted by Gasteiger charge is -2.23. The molecule has 0 aliphatic heterocycles. The third kappa shape index (κ3) is 5.98. The van der Waals surface area contributed by atoms with E-state index in [1.165, 1.54) is 26.4 Å². The molecule has 1 aromatic carbocycles. The zero-order valence-corrected chi connectivity index (χ0v) is 15.8. The van der Waals surface area contributed by atoms with E-state index in [1.807, 2.05) is 0 Å². The van der Waals surface area contributed by atoms with Crippen LogP contribution in [0.4, 0.5) is 5.69 Å². The van der Waals surface area contributed by atoms with E-state index in [9.17, 15) is 19.5 Å². The van der Waals surface area contributed by atoms with E-state index in [0.29, 0.717) is 0 Å². The maximum atomic E-state index is 11.9. The summed E-state index contributed by atoms with van der Waals surface area (Å²) in [5.74, 6) is -0.829. The number of nitro benzene ring substituents is 1. The minimum atomic E-state index is -4.35. The maximum Gasteiger partial charge on any atom is 0.326 e. The van der Waals surface area contributed by atoms with Crippen molar-refractivity contribution in [3.63, 3.8) is 0 Å². The molecule has 2 N–H and O–H groups in total. The predicted molar refractivity (Wildman–Crippen MR) is 91.4 cm³/mol. The molecule has 0 amide bonds. The molecule has 146 valence electrons. The van der Waals surface area contributed by atoms with Gasteiger partial charge in [-0.2, -0.15) is 0 Å². The third-order valence-electron chi connectivity index (χ3n) is 3.51. The van der Waals surface area contributed by atoms with Gasteiger partial charge in [-0.1, -0.05) is 13.8 Å². The van der Waals surface area contributed by atoms with Gasteiger partial charge in [0.05, 0.1) is 43.4 Å². The Morgan fingerprint density at radius 2 is 1.77 bits per heavy atom. The van der Waals surface area contributed by atoms with Gasteiger partial charge in [0, 0.05) is 0 Å².